The highest BCUT2D eigenvalue weighted by Gasteiger charge is 2.19. The number of rotatable bonds is 10. The molecule has 0 heterocycles. The van der Waals surface area contributed by atoms with E-state index in [1.165, 1.54) is 18.2 Å². The van der Waals surface area contributed by atoms with Gasteiger partial charge in [0.1, 0.15) is 5.75 Å². The summed E-state index contributed by atoms with van der Waals surface area (Å²) in [5.74, 6) is -1.28. The molecule has 7 heteroatoms. The average molecular weight is 413 g/mol. The van der Waals surface area contributed by atoms with Gasteiger partial charge in [-0.25, -0.2) is 9.59 Å². The summed E-state index contributed by atoms with van der Waals surface area (Å²) in [5.41, 5.74) is 1.41. The quantitative estimate of drug-likeness (QED) is 0.602. The van der Waals surface area contributed by atoms with Crippen molar-refractivity contribution in [3.8, 4) is 5.75 Å². The lowest BCUT2D eigenvalue weighted by atomic mass is 10.1. The molecule has 1 amide bonds. The van der Waals surface area contributed by atoms with E-state index >= 15 is 0 Å². The van der Waals surface area contributed by atoms with E-state index in [1.54, 1.807) is 20.8 Å². The van der Waals surface area contributed by atoms with Gasteiger partial charge in [-0.2, -0.15) is 0 Å². The van der Waals surface area contributed by atoms with Crippen molar-refractivity contribution in [2.75, 3.05) is 19.8 Å². The number of hydrogen-bond donors (Lipinski definition) is 1. The third kappa shape index (κ3) is 6.92. The van der Waals surface area contributed by atoms with Crippen LogP contribution in [0.15, 0.2) is 48.5 Å². The molecule has 0 aliphatic heterocycles. The summed E-state index contributed by atoms with van der Waals surface area (Å²) in [6.45, 7) is 5.82. The maximum absolute atomic E-state index is 12.4. The second-order valence-corrected chi connectivity index (χ2v) is 6.47. The molecular weight excluding hydrogens is 386 g/mol. The first kappa shape index (κ1) is 22.9. The molecule has 0 unspecified atom stereocenters. The highest BCUT2D eigenvalue weighted by atomic mass is 16.5. The third-order valence-corrected chi connectivity index (χ3v) is 4.17. The van der Waals surface area contributed by atoms with Crippen LogP contribution in [0.5, 0.6) is 5.75 Å². The summed E-state index contributed by atoms with van der Waals surface area (Å²) in [6.07, 6.45) is -0.127. The van der Waals surface area contributed by atoms with Gasteiger partial charge >= 0.3 is 11.9 Å². The maximum atomic E-state index is 12.4. The van der Waals surface area contributed by atoms with Crippen LogP contribution in [0.25, 0.3) is 0 Å². The van der Waals surface area contributed by atoms with E-state index in [4.69, 9.17) is 14.2 Å². The minimum atomic E-state index is -0.826. The number of carbonyl (C=O) groups is 3. The van der Waals surface area contributed by atoms with Crippen LogP contribution in [0.1, 0.15) is 47.1 Å². The van der Waals surface area contributed by atoms with Crippen LogP contribution in [0.2, 0.25) is 0 Å². The Morgan fingerprint density at radius 1 is 0.900 bits per heavy atom. The van der Waals surface area contributed by atoms with E-state index in [2.05, 4.69) is 5.32 Å². The van der Waals surface area contributed by atoms with Gasteiger partial charge in [0.15, 0.2) is 6.10 Å². The minimum Gasteiger partial charge on any atom is -0.481 e. The van der Waals surface area contributed by atoms with Crippen LogP contribution >= 0.6 is 0 Å². The van der Waals surface area contributed by atoms with Crippen LogP contribution in [-0.2, 0) is 20.7 Å². The van der Waals surface area contributed by atoms with Gasteiger partial charge in [0.05, 0.1) is 24.3 Å². The first-order valence-corrected chi connectivity index (χ1v) is 9.92. The Morgan fingerprint density at radius 2 is 1.47 bits per heavy atom. The largest absolute Gasteiger partial charge is 0.481 e. The first-order valence-electron chi connectivity index (χ1n) is 9.92. The molecule has 0 bridgehead atoms. The summed E-state index contributed by atoms with van der Waals surface area (Å²) in [5, 5.41) is 2.82. The average Bonchev–Trinajstić information content (AvgIpc) is 2.74. The Balaban J connectivity index is 2.05. The second-order valence-electron chi connectivity index (χ2n) is 6.47. The van der Waals surface area contributed by atoms with Crippen molar-refractivity contribution in [2.24, 2.45) is 0 Å². The molecule has 2 aromatic rings. The highest BCUT2D eigenvalue weighted by Crippen LogP contribution is 2.20. The Bertz CT molecular complexity index is 829. The molecule has 0 aliphatic rings. The van der Waals surface area contributed by atoms with Gasteiger partial charge < -0.3 is 19.5 Å². The Hall–Kier alpha value is -3.35. The molecule has 1 N–H and O–H groups in total. The summed E-state index contributed by atoms with van der Waals surface area (Å²) in [4.78, 5) is 36.6. The van der Waals surface area contributed by atoms with E-state index in [9.17, 15) is 14.4 Å². The lowest BCUT2D eigenvalue weighted by Gasteiger charge is -2.16. The normalized spacial score (nSPS) is 11.3. The van der Waals surface area contributed by atoms with E-state index in [0.29, 0.717) is 13.0 Å². The van der Waals surface area contributed by atoms with E-state index in [1.807, 2.05) is 30.3 Å². The molecule has 0 spiro atoms. The zero-order valence-electron chi connectivity index (χ0n) is 17.5. The van der Waals surface area contributed by atoms with Crippen molar-refractivity contribution in [3.05, 3.63) is 65.2 Å². The lowest BCUT2D eigenvalue weighted by molar-refractivity contribution is -0.127. The van der Waals surface area contributed by atoms with Crippen molar-refractivity contribution in [2.45, 2.75) is 33.3 Å². The minimum absolute atomic E-state index is 0.147. The fourth-order valence-electron chi connectivity index (χ4n) is 2.71. The van der Waals surface area contributed by atoms with Crippen molar-refractivity contribution in [1.29, 1.82) is 0 Å². The highest BCUT2D eigenvalue weighted by molar-refractivity contribution is 5.96. The van der Waals surface area contributed by atoms with Gasteiger partial charge in [-0.05, 0) is 51.0 Å². The van der Waals surface area contributed by atoms with Crippen molar-refractivity contribution >= 4 is 17.8 Å². The Kier molecular flexibility index (Phi) is 8.87. The molecule has 2 aromatic carbocycles. The van der Waals surface area contributed by atoms with Gasteiger partial charge in [0.25, 0.3) is 5.91 Å². The monoisotopic (exact) mass is 413 g/mol. The van der Waals surface area contributed by atoms with E-state index in [-0.39, 0.29) is 36.0 Å². The molecule has 0 saturated carbocycles. The molecule has 0 aliphatic carbocycles. The SMILES string of the molecule is CCOC(=O)c1cc(O[C@H](C)C(=O)NCCc2ccccc2)cc(C(=O)OCC)c1. The van der Waals surface area contributed by atoms with Gasteiger partial charge in [-0.3, -0.25) is 4.79 Å². The molecule has 2 rings (SSSR count). The van der Waals surface area contributed by atoms with Crippen LogP contribution in [-0.4, -0.2) is 43.7 Å². The molecule has 0 saturated heterocycles. The van der Waals surface area contributed by atoms with Crippen LogP contribution in [0.4, 0.5) is 0 Å². The van der Waals surface area contributed by atoms with Crippen molar-refractivity contribution in [1.82, 2.24) is 5.32 Å². The topological polar surface area (TPSA) is 90.9 Å². The zero-order valence-corrected chi connectivity index (χ0v) is 17.5. The molecular formula is C23H27NO6. The van der Waals surface area contributed by atoms with Crippen LogP contribution in [0, 0.1) is 0 Å². The Labute approximate surface area is 176 Å². The maximum Gasteiger partial charge on any atom is 0.338 e. The van der Waals surface area contributed by atoms with Crippen molar-refractivity contribution < 1.29 is 28.6 Å². The molecule has 0 radical (unpaired) electrons. The summed E-state index contributed by atoms with van der Waals surface area (Å²) in [6, 6.07) is 14.1. The lowest BCUT2D eigenvalue weighted by Crippen LogP contribution is -2.37. The first-order chi connectivity index (χ1) is 14.4. The van der Waals surface area contributed by atoms with Crippen molar-refractivity contribution in [3.63, 3.8) is 0 Å². The summed E-state index contributed by atoms with van der Waals surface area (Å²) in [7, 11) is 0. The van der Waals surface area contributed by atoms with Gasteiger partial charge in [-0.1, -0.05) is 30.3 Å². The Morgan fingerprint density at radius 3 is 2.00 bits per heavy atom. The van der Waals surface area contributed by atoms with Gasteiger partial charge in [-0.15, -0.1) is 0 Å². The predicted octanol–water partition coefficient (Wildman–Crippen LogP) is 3.17. The molecule has 1 atom stereocenters. The van der Waals surface area contributed by atoms with Gasteiger partial charge in [0.2, 0.25) is 0 Å². The van der Waals surface area contributed by atoms with E-state index in [0.717, 1.165) is 5.56 Å². The molecule has 160 valence electrons. The number of carbonyl (C=O) groups excluding carboxylic acids is 3. The number of hydrogen-bond acceptors (Lipinski definition) is 6. The molecule has 30 heavy (non-hydrogen) atoms. The number of esters is 2. The third-order valence-electron chi connectivity index (χ3n) is 4.17. The molecule has 0 fully saturated rings. The second kappa shape index (κ2) is 11.6. The number of benzene rings is 2. The smallest absolute Gasteiger partial charge is 0.338 e. The number of nitrogens with one attached hydrogen (secondary N) is 1. The number of ether oxygens (including phenoxy) is 3. The standard InChI is InChI=1S/C23H27NO6/c1-4-28-22(26)18-13-19(23(27)29-5-2)15-20(14-18)30-16(3)21(25)24-12-11-17-9-7-6-8-10-17/h6-10,13-16H,4-5,11-12H2,1-3H3,(H,24,25)/t16-/m1/s1. The fourth-order valence-corrected chi connectivity index (χ4v) is 2.71. The zero-order chi connectivity index (χ0) is 21.9. The predicted molar refractivity (Wildman–Crippen MR) is 112 cm³/mol. The number of amides is 1. The molecule has 7 nitrogen and oxygen atoms in total. The van der Waals surface area contributed by atoms with Crippen LogP contribution < -0.4 is 10.1 Å². The summed E-state index contributed by atoms with van der Waals surface area (Å²) >= 11 is 0. The fraction of sp³-hybridized carbons (Fsp3) is 0.348. The van der Waals surface area contributed by atoms with Gasteiger partial charge in [0, 0.05) is 6.54 Å². The van der Waals surface area contributed by atoms with Crippen LogP contribution in [0.3, 0.4) is 0 Å². The molecule has 0 aromatic heterocycles. The van der Waals surface area contributed by atoms with E-state index < -0.39 is 18.0 Å². The summed E-state index contributed by atoms with van der Waals surface area (Å²) < 4.78 is 15.7.